The van der Waals surface area contributed by atoms with E-state index >= 15 is 0 Å². The minimum absolute atomic E-state index is 0.165. The van der Waals surface area contributed by atoms with Crippen molar-refractivity contribution in [2.24, 2.45) is 0 Å². The summed E-state index contributed by atoms with van der Waals surface area (Å²) in [6.07, 6.45) is 4.12. The van der Waals surface area contributed by atoms with Crippen molar-refractivity contribution in [1.82, 2.24) is 9.88 Å². The number of carbonyl (C=O) groups is 3. The molecule has 1 aliphatic heterocycles. The number of halogens is 1. The predicted molar refractivity (Wildman–Crippen MR) is 143 cm³/mol. The van der Waals surface area contributed by atoms with Gasteiger partial charge in [0.15, 0.2) is 0 Å². The van der Waals surface area contributed by atoms with E-state index in [1.807, 2.05) is 49.5 Å². The monoisotopic (exact) mass is 511 g/mol. The third-order valence-corrected chi connectivity index (χ3v) is 6.66. The van der Waals surface area contributed by atoms with E-state index in [1.54, 1.807) is 0 Å². The van der Waals surface area contributed by atoms with E-state index in [9.17, 15) is 18.8 Å². The highest BCUT2D eigenvalue weighted by atomic mass is 19.1. The number of amides is 4. The van der Waals surface area contributed by atoms with Gasteiger partial charge in [-0.3, -0.25) is 14.9 Å². The molecule has 4 aromatic rings. The Bertz CT molecular complexity index is 1590. The molecule has 1 fully saturated rings. The van der Waals surface area contributed by atoms with E-state index in [0.717, 1.165) is 45.7 Å². The fourth-order valence-electron chi connectivity index (χ4n) is 4.51. The van der Waals surface area contributed by atoms with Gasteiger partial charge in [0.05, 0.1) is 12.3 Å². The maximum Gasteiger partial charge on any atom is 0.335 e. The van der Waals surface area contributed by atoms with Crippen LogP contribution >= 0.6 is 0 Å². The number of hydrogen-bond donors (Lipinski definition) is 1. The van der Waals surface area contributed by atoms with Crippen LogP contribution in [0.25, 0.3) is 17.0 Å². The lowest BCUT2D eigenvalue weighted by molar-refractivity contribution is -0.122. The Morgan fingerprint density at radius 2 is 1.71 bits per heavy atom. The summed E-state index contributed by atoms with van der Waals surface area (Å²) in [5, 5.41) is 3.07. The third-order valence-electron chi connectivity index (χ3n) is 6.66. The second kappa shape index (κ2) is 10.3. The molecular weight excluding hydrogens is 485 g/mol. The van der Waals surface area contributed by atoms with Crippen molar-refractivity contribution in [2.45, 2.75) is 26.8 Å². The molecule has 1 N–H and O–H groups in total. The fourth-order valence-corrected chi connectivity index (χ4v) is 4.51. The lowest BCUT2D eigenvalue weighted by Crippen LogP contribution is -2.54. The van der Waals surface area contributed by atoms with Crippen molar-refractivity contribution in [3.63, 3.8) is 0 Å². The number of rotatable bonds is 7. The molecule has 0 radical (unpaired) electrons. The number of urea groups is 1. The summed E-state index contributed by atoms with van der Waals surface area (Å²) >= 11 is 0. The summed E-state index contributed by atoms with van der Waals surface area (Å²) in [5.41, 5.74) is 3.90. The Balaban J connectivity index is 1.39. The summed E-state index contributed by atoms with van der Waals surface area (Å²) < 4.78 is 21.4. The van der Waals surface area contributed by atoms with Crippen LogP contribution in [0.4, 0.5) is 14.9 Å². The molecule has 0 saturated carbocycles. The number of nitrogens with zero attached hydrogens (tertiary/aromatic N) is 2. The highest BCUT2D eigenvalue weighted by Crippen LogP contribution is 2.27. The number of imide groups is 2. The van der Waals surface area contributed by atoms with E-state index in [-0.39, 0.29) is 11.3 Å². The first-order valence-electron chi connectivity index (χ1n) is 12.3. The smallest absolute Gasteiger partial charge is 0.335 e. The van der Waals surface area contributed by atoms with Crippen LogP contribution in [0.15, 0.2) is 78.5 Å². The molecule has 0 aliphatic carbocycles. The van der Waals surface area contributed by atoms with Crippen LogP contribution in [-0.4, -0.2) is 29.0 Å². The molecular formula is C30H26FN3O4. The van der Waals surface area contributed by atoms with Crippen LogP contribution in [0.1, 0.15) is 23.1 Å². The number of hydrogen-bond acceptors (Lipinski definition) is 4. The number of aromatic nitrogens is 1. The van der Waals surface area contributed by atoms with Gasteiger partial charge < -0.3 is 9.30 Å². The predicted octanol–water partition coefficient (Wildman–Crippen LogP) is 5.53. The van der Waals surface area contributed by atoms with Crippen molar-refractivity contribution in [3.8, 4) is 5.75 Å². The summed E-state index contributed by atoms with van der Waals surface area (Å²) in [7, 11) is 0. The molecule has 0 atom stereocenters. The Morgan fingerprint density at radius 1 is 0.947 bits per heavy atom. The first-order valence-corrected chi connectivity index (χ1v) is 12.3. The highest BCUT2D eigenvalue weighted by Gasteiger charge is 2.37. The molecule has 3 aromatic carbocycles. The van der Waals surface area contributed by atoms with E-state index in [0.29, 0.717) is 18.7 Å². The maximum absolute atomic E-state index is 13.4. The number of fused-ring (bicyclic) bond motifs is 1. The van der Waals surface area contributed by atoms with Crippen LogP contribution in [0.3, 0.4) is 0 Å². The quantitative estimate of drug-likeness (QED) is 0.201. The SMILES string of the molecule is Cc1cccc(OCCCn2cc(/C=C3/C(=O)NC(=O)N(c4ccc(F)cc4)C3=O)c3ccccc32)c1C. The largest absolute Gasteiger partial charge is 0.493 e. The van der Waals surface area contributed by atoms with Gasteiger partial charge in [0.1, 0.15) is 17.1 Å². The lowest BCUT2D eigenvalue weighted by Gasteiger charge is -2.26. The summed E-state index contributed by atoms with van der Waals surface area (Å²) in [5.74, 6) is -1.19. The molecule has 1 aliphatic rings. The van der Waals surface area contributed by atoms with Crippen LogP contribution in [0.5, 0.6) is 5.75 Å². The molecule has 1 aromatic heterocycles. The Morgan fingerprint density at radius 3 is 2.50 bits per heavy atom. The fraction of sp³-hybridized carbons (Fsp3) is 0.167. The molecule has 38 heavy (non-hydrogen) atoms. The highest BCUT2D eigenvalue weighted by molar-refractivity contribution is 6.39. The molecule has 7 nitrogen and oxygen atoms in total. The topological polar surface area (TPSA) is 80.6 Å². The minimum Gasteiger partial charge on any atom is -0.493 e. The van der Waals surface area contributed by atoms with Gasteiger partial charge in [0.25, 0.3) is 11.8 Å². The molecule has 5 rings (SSSR count). The van der Waals surface area contributed by atoms with Crippen molar-refractivity contribution >= 4 is 40.5 Å². The van der Waals surface area contributed by atoms with Crippen molar-refractivity contribution < 1.29 is 23.5 Å². The molecule has 0 spiro atoms. The van der Waals surface area contributed by atoms with Gasteiger partial charge in [-0.25, -0.2) is 14.1 Å². The second-order valence-corrected chi connectivity index (χ2v) is 9.13. The van der Waals surface area contributed by atoms with Crippen molar-refractivity contribution in [2.75, 3.05) is 11.5 Å². The Kier molecular flexibility index (Phi) is 6.79. The Labute approximate surface area is 219 Å². The summed E-state index contributed by atoms with van der Waals surface area (Å²) in [6.45, 7) is 5.28. The van der Waals surface area contributed by atoms with Gasteiger partial charge in [0.2, 0.25) is 0 Å². The molecule has 0 bridgehead atoms. The standard InChI is InChI=1S/C30H26FN3O4/c1-19-7-5-10-27(20(19)2)38-16-6-15-33-18-21(24-8-3-4-9-26(24)33)17-25-28(35)32-30(37)34(29(25)36)23-13-11-22(31)12-14-23/h3-5,7-14,17-18H,6,15-16H2,1-2H3,(H,32,35,37)/b25-17-. The average Bonchev–Trinajstić information content (AvgIpc) is 3.25. The number of ether oxygens (including phenoxy) is 1. The Hall–Kier alpha value is -4.72. The van der Waals surface area contributed by atoms with Gasteiger partial charge in [0, 0.05) is 29.2 Å². The molecule has 4 amide bonds. The second-order valence-electron chi connectivity index (χ2n) is 9.13. The normalized spacial score (nSPS) is 14.9. The van der Waals surface area contributed by atoms with Crippen molar-refractivity contribution in [1.29, 1.82) is 0 Å². The maximum atomic E-state index is 13.4. The number of anilines is 1. The van der Waals surface area contributed by atoms with E-state index in [2.05, 4.69) is 22.9 Å². The summed E-state index contributed by atoms with van der Waals surface area (Å²) in [4.78, 5) is 39.2. The number of barbiturate groups is 1. The van der Waals surface area contributed by atoms with Crippen LogP contribution in [0.2, 0.25) is 0 Å². The minimum atomic E-state index is -0.880. The third kappa shape index (κ3) is 4.80. The number of aryl methyl sites for hydroxylation is 2. The van der Waals surface area contributed by atoms with Crippen LogP contribution in [0, 0.1) is 19.7 Å². The first-order chi connectivity index (χ1) is 18.3. The molecule has 1 saturated heterocycles. The van der Waals surface area contributed by atoms with Crippen LogP contribution < -0.4 is 15.0 Å². The molecule has 192 valence electrons. The molecule has 8 heteroatoms. The zero-order chi connectivity index (χ0) is 26.8. The summed E-state index contributed by atoms with van der Waals surface area (Å²) in [6, 6.07) is 17.7. The van der Waals surface area contributed by atoms with Gasteiger partial charge in [-0.15, -0.1) is 0 Å². The van der Waals surface area contributed by atoms with Crippen LogP contribution in [-0.2, 0) is 16.1 Å². The zero-order valence-corrected chi connectivity index (χ0v) is 21.0. The van der Waals surface area contributed by atoms with Gasteiger partial charge in [-0.1, -0.05) is 30.3 Å². The van der Waals surface area contributed by atoms with Gasteiger partial charge >= 0.3 is 6.03 Å². The van der Waals surface area contributed by atoms with Gasteiger partial charge in [-0.2, -0.15) is 0 Å². The number of nitrogens with one attached hydrogen (secondary N) is 1. The average molecular weight is 512 g/mol. The number of para-hydroxylation sites is 1. The number of benzene rings is 3. The molecule has 0 unspecified atom stereocenters. The number of carbonyl (C=O) groups excluding carboxylic acids is 3. The zero-order valence-electron chi connectivity index (χ0n) is 21.0. The van der Waals surface area contributed by atoms with E-state index in [1.165, 1.54) is 23.8 Å². The molecule has 2 heterocycles. The lowest BCUT2D eigenvalue weighted by atomic mass is 10.1. The van der Waals surface area contributed by atoms with E-state index in [4.69, 9.17) is 4.74 Å². The van der Waals surface area contributed by atoms with Crippen molar-refractivity contribution in [3.05, 3.63) is 101 Å². The van der Waals surface area contributed by atoms with Gasteiger partial charge in [-0.05, 0) is 73.9 Å². The first kappa shape index (κ1) is 25.0. The van der Waals surface area contributed by atoms with E-state index < -0.39 is 23.7 Å².